The molecule has 1 atom stereocenters. The minimum Gasteiger partial charge on any atom is -0.390 e. The summed E-state index contributed by atoms with van der Waals surface area (Å²) in [4.78, 5) is 14.1. The third kappa shape index (κ3) is 5.13. The van der Waals surface area contributed by atoms with E-state index < -0.39 is 6.10 Å². The van der Waals surface area contributed by atoms with Crippen LogP contribution in [0.4, 0.5) is 0 Å². The van der Waals surface area contributed by atoms with Gasteiger partial charge < -0.3 is 15.2 Å². The average molecular weight is 333 g/mol. The van der Waals surface area contributed by atoms with E-state index in [1.54, 1.807) is 12.1 Å². The first-order valence-electron chi connectivity index (χ1n) is 6.77. The molecule has 1 amide bonds. The maximum absolute atomic E-state index is 11.9. The van der Waals surface area contributed by atoms with Gasteiger partial charge in [0, 0.05) is 31.7 Å². The number of halogens is 2. The van der Waals surface area contributed by atoms with Crippen LogP contribution in [0.15, 0.2) is 18.2 Å². The molecule has 0 saturated carbocycles. The molecule has 1 aromatic carbocycles. The molecule has 1 saturated heterocycles. The highest BCUT2D eigenvalue weighted by Gasteiger charge is 2.16. The number of benzene rings is 1. The van der Waals surface area contributed by atoms with Crippen molar-refractivity contribution in [1.82, 2.24) is 10.2 Å². The van der Waals surface area contributed by atoms with Gasteiger partial charge in [-0.3, -0.25) is 9.69 Å². The van der Waals surface area contributed by atoms with Gasteiger partial charge in [0.05, 0.1) is 29.4 Å². The monoisotopic (exact) mass is 332 g/mol. The van der Waals surface area contributed by atoms with Gasteiger partial charge in [-0.1, -0.05) is 23.2 Å². The number of carbonyl (C=O) groups excluding carboxylic acids is 1. The van der Waals surface area contributed by atoms with E-state index in [-0.39, 0.29) is 12.5 Å². The number of aliphatic hydroxyl groups excluding tert-OH is 1. The summed E-state index contributed by atoms with van der Waals surface area (Å²) >= 11 is 11.7. The van der Waals surface area contributed by atoms with Crippen molar-refractivity contribution in [3.63, 3.8) is 0 Å². The summed E-state index contributed by atoms with van der Waals surface area (Å²) in [5.74, 6) is -0.283. The Morgan fingerprint density at radius 1 is 1.33 bits per heavy atom. The molecule has 0 spiro atoms. The molecule has 0 bridgehead atoms. The Morgan fingerprint density at radius 2 is 2.05 bits per heavy atom. The third-order valence-electron chi connectivity index (χ3n) is 3.25. The van der Waals surface area contributed by atoms with Crippen LogP contribution in [0.5, 0.6) is 0 Å². The zero-order chi connectivity index (χ0) is 15.2. The maximum Gasteiger partial charge on any atom is 0.251 e. The number of β-amino-alcohol motifs (C(OH)–C–C–N with tert-alkyl or cyclic N) is 1. The molecule has 1 aliphatic heterocycles. The lowest BCUT2D eigenvalue weighted by Crippen LogP contribution is -2.44. The van der Waals surface area contributed by atoms with Gasteiger partial charge in [-0.2, -0.15) is 0 Å². The number of amides is 1. The van der Waals surface area contributed by atoms with Gasteiger partial charge in [0.15, 0.2) is 0 Å². The van der Waals surface area contributed by atoms with Crippen molar-refractivity contribution in [2.75, 3.05) is 39.4 Å². The molecule has 2 rings (SSSR count). The summed E-state index contributed by atoms with van der Waals surface area (Å²) in [5.41, 5.74) is 0.419. The quantitative estimate of drug-likeness (QED) is 0.856. The summed E-state index contributed by atoms with van der Waals surface area (Å²) in [6.45, 7) is 3.68. The number of hydrogen-bond donors (Lipinski definition) is 2. The molecule has 0 aliphatic carbocycles. The van der Waals surface area contributed by atoms with E-state index in [0.717, 1.165) is 13.1 Å². The lowest BCUT2D eigenvalue weighted by Gasteiger charge is -2.28. The molecule has 1 heterocycles. The molecule has 2 N–H and O–H groups in total. The lowest BCUT2D eigenvalue weighted by atomic mass is 10.2. The van der Waals surface area contributed by atoms with Crippen LogP contribution in [0.2, 0.25) is 10.0 Å². The number of nitrogens with one attached hydrogen (secondary N) is 1. The molecular weight excluding hydrogens is 315 g/mol. The molecule has 1 fully saturated rings. The van der Waals surface area contributed by atoms with Gasteiger partial charge >= 0.3 is 0 Å². The highest BCUT2D eigenvalue weighted by atomic mass is 35.5. The van der Waals surface area contributed by atoms with Crippen molar-refractivity contribution in [1.29, 1.82) is 0 Å². The summed E-state index contributed by atoms with van der Waals surface area (Å²) in [6, 6.07) is 4.68. The van der Waals surface area contributed by atoms with E-state index in [1.807, 2.05) is 0 Å². The third-order valence-corrected chi connectivity index (χ3v) is 3.99. The van der Waals surface area contributed by atoms with Crippen LogP contribution < -0.4 is 5.32 Å². The lowest BCUT2D eigenvalue weighted by molar-refractivity contribution is 0.0149. The summed E-state index contributed by atoms with van der Waals surface area (Å²) in [6.07, 6.45) is -0.616. The fourth-order valence-electron chi connectivity index (χ4n) is 2.10. The van der Waals surface area contributed by atoms with Crippen LogP contribution in [0, 0.1) is 0 Å². The van der Waals surface area contributed by atoms with Gasteiger partial charge in [-0.05, 0) is 18.2 Å². The van der Waals surface area contributed by atoms with Crippen LogP contribution in [-0.4, -0.2) is 61.4 Å². The normalized spacial score (nSPS) is 17.5. The predicted molar refractivity (Wildman–Crippen MR) is 82.1 cm³/mol. The first-order chi connectivity index (χ1) is 10.1. The van der Waals surface area contributed by atoms with Crippen molar-refractivity contribution in [2.24, 2.45) is 0 Å². The number of hydrogen-bond acceptors (Lipinski definition) is 4. The topological polar surface area (TPSA) is 61.8 Å². The second kappa shape index (κ2) is 7.96. The van der Waals surface area contributed by atoms with Gasteiger partial charge in [0.2, 0.25) is 0 Å². The molecule has 1 unspecified atom stereocenters. The van der Waals surface area contributed by atoms with E-state index in [0.29, 0.717) is 35.4 Å². The Hall–Kier alpha value is -0.850. The van der Waals surface area contributed by atoms with E-state index in [2.05, 4.69) is 10.2 Å². The standard InChI is InChI=1S/C14H18Cl2N2O3/c15-12-2-1-10(7-13(12)16)14(20)17-8-11(19)9-18-3-5-21-6-4-18/h1-2,7,11,19H,3-6,8-9H2,(H,17,20). The Balaban J connectivity index is 1.78. The van der Waals surface area contributed by atoms with E-state index >= 15 is 0 Å². The van der Waals surface area contributed by atoms with E-state index in [9.17, 15) is 9.90 Å². The number of morpholine rings is 1. The van der Waals surface area contributed by atoms with Gasteiger partial charge in [0.1, 0.15) is 0 Å². The molecule has 21 heavy (non-hydrogen) atoms. The number of carbonyl (C=O) groups is 1. The smallest absolute Gasteiger partial charge is 0.251 e. The van der Waals surface area contributed by atoms with Crippen molar-refractivity contribution < 1.29 is 14.6 Å². The fraction of sp³-hybridized carbons (Fsp3) is 0.500. The van der Waals surface area contributed by atoms with Crippen molar-refractivity contribution in [3.8, 4) is 0 Å². The van der Waals surface area contributed by atoms with E-state index in [1.165, 1.54) is 6.07 Å². The fourth-order valence-corrected chi connectivity index (χ4v) is 2.39. The molecular formula is C14H18Cl2N2O3. The first kappa shape index (κ1) is 16.5. The zero-order valence-corrected chi connectivity index (χ0v) is 13.0. The molecule has 0 radical (unpaired) electrons. The van der Waals surface area contributed by atoms with Crippen LogP contribution in [0.25, 0.3) is 0 Å². The number of nitrogens with zero attached hydrogens (tertiary/aromatic N) is 1. The average Bonchev–Trinajstić information content (AvgIpc) is 2.48. The van der Waals surface area contributed by atoms with Crippen molar-refractivity contribution >= 4 is 29.1 Å². The Bertz CT molecular complexity index is 493. The van der Waals surface area contributed by atoms with Gasteiger partial charge in [0.25, 0.3) is 5.91 Å². The van der Waals surface area contributed by atoms with Crippen molar-refractivity contribution in [3.05, 3.63) is 33.8 Å². The number of aliphatic hydroxyl groups is 1. The number of ether oxygens (including phenoxy) is 1. The minimum absolute atomic E-state index is 0.191. The van der Waals surface area contributed by atoms with Crippen LogP contribution >= 0.6 is 23.2 Å². The van der Waals surface area contributed by atoms with E-state index in [4.69, 9.17) is 27.9 Å². The highest BCUT2D eigenvalue weighted by Crippen LogP contribution is 2.22. The second-order valence-corrected chi connectivity index (χ2v) is 5.72. The highest BCUT2D eigenvalue weighted by molar-refractivity contribution is 6.42. The van der Waals surface area contributed by atoms with Gasteiger partial charge in [-0.15, -0.1) is 0 Å². The summed E-state index contributed by atoms with van der Waals surface area (Å²) in [7, 11) is 0. The molecule has 1 aromatic rings. The largest absolute Gasteiger partial charge is 0.390 e. The Kier molecular flexibility index (Phi) is 6.26. The van der Waals surface area contributed by atoms with Crippen LogP contribution in [0.3, 0.4) is 0 Å². The van der Waals surface area contributed by atoms with Crippen LogP contribution in [0.1, 0.15) is 10.4 Å². The molecule has 116 valence electrons. The number of rotatable bonds is 5. The molecule has 7 heteroatoms. The predicted octanol–water partition coefficient (Wildman–Crippen LogP) is 1.42. The SMILES string of the molecule is O=C(NCC(O)CN1CCOCC1)c1ccc(Cl)c(Cl)c1. The first-order valence-corrected chi connectivity index (χ1v) is 7.53. The summed E-state index contributed by atoms with van der Waals surface area (Å²) in [5, 5.41) is 13.4. The Morgan fingerprint density at radius 3 is 2.71 bits per heavy atom. The van der Waals surface area contributed by atoms with Crippen molar-refractivity contribution in [2.45, 2.75) is 6.10 Å². The second-order valence-electron chi connectivity index (χ2n) is 4.91. The minimum atomic E-state index is -0.616. The maximum atomic E-state index is 11.9. The molecule has 5 nitrogen and oxygen atoms in total. The Labute approximate surface area is 133 Å². The molecule has 1 aliphatic rings. The van der Waals surface area contributed by atoms with Crippen LogP contribution in [-0.2, 0) is 4.74 Å². The summed E-state index contributed by atoms with van der Waals surface area (Å²) < 4.78 is 5.24. The van der Waals surface area contributed by atoms with Gasteiger partial charge in [-0.25, -0.2) is 0 Å². The zero-order valence-electron chi connectivity index (χ0n) is 11.5. The molecule has 0 aromatic heterocycles.